The van der Waals surface area contributed by atoms with E-state index in [2.05, 4.69) is 31.1 Å². The number of benzene rings is 1. The predicted molar refractivity (Wildman–Crippen MR) is 88.8 cm³/mol. The fourth-order valence-electron chi connectivity index (χ4n) is 1.84. The highest BCUT2D eigenvalue weighted by Gasteiger charge is 2.02. The number of anilines is 4. The zero-order chi connectivity index (χ0) is 16.5. The van der Waals surface area contributed by atoms with Gasteiger partial charge in [0, 0.05) is 38.6 Å². The first-order chi connectivity index (χ1) is 11.2. The van der Waals surface area contributed by atoms with E-state index in [4.69, 9.17) is 4.74 Å². The number of amides is 1. The molecule has 0 spiro atoms. The van der Waals surface area contributed by atoms with Gasteiger partial charge in [0.1, 0.15) is 0 Å². The van der Waals surface area contributed by atoms with E-state index in [1.54, 1.807) is 25.4 Å². The molecule has 3 N–H and O–H groups in total. The number of nitrogens with zero attached hydrogens (tertiary/aromatic N) is 3. The van der Waals surface area contributed by atoms with Crippen LogP contribution in [0.5, 0.6) is 0 Å². The van der Waals surface area contributed by atoms with Gasteiger partial charge < -0.3 is 20.7 Å². The van der Waals surface area contributed by atoms with Crippen LogP contribution in [0.4, 0.5) is 23.1 Å². The van der Waals surface area contributed by atoms with Crippen molar-refractivity contribution in [3.63, 3.8) is 0 Å². The molecule has 0 atom stereocenters. The monoisotopic (exact) mass is 316 g/mol. The summed E-state index contributed by atoms with van der Waals surface area (Å²) in [6.07, 6.45) is 2.45. The maximum Gasteiger partial charge on any atom is 0.249 e. The summed E-state index contributed by atoms with van der Waals surface area (Å²) in [4.78, 5) is 15.3. The number of nitrogens with one attached hydrogen (secondary N) is 3. The lowest BCUT2D eigenvalue weighted by Crippen LogP contribution is -2.08. The molecule has 0 unspecified atom stereocenters. The smallest absolute Gasteiger partial charge is 0.249 e. The fraction of sp³-hybridized carbons (Fsp3) is 0.333. The van der Waals surface area contributed by atoms with Gasteiger partial charge in [-0.1, -0.05) is 0 Å². The summed E-state index contributed by atoms with van der Waals surface area (Å²) >= 11 is 0. The second-order valence-electron chi connectivity index (χ2n) is 4.82. The van der Waals surface area contributed by atoms with Crippen molar-refractivity contribution in [2.24, 2.45) is 0 Å². The number of aromatic nitrogens is 3. The van der Waals surface area contributed by atoms with E-state index in [1.165, 1.54) is 6.92 Å². The molecule has 0 aliphatic heterocycles. The van der Waals surface area contributed by atoms with Crippen molar-refractivity contribution in [1.29, 1.82) is 0 Å². The summed E-state index contributed by atoms with van der Waals surface area (Å²) in [5, 5.41) is 16.8. The highest BCUT2D eigenvalue weighted by molar-refractivity contribution is 5.88. The van der Waals surface area contributed by atoms with Gasteiger partial charge >= 0.3 is 0 Å². The van der Waals surface area contributed by atoms with Crippen LogP contribution in [-0.2, 0) is 9.53 Å². The van der Waals surface area contributed by atoms with Crippen LogP contribution in [0, 0.1) is 0 Å². The molecule has 8 nitrogen and oxygen atoms in total. The quantitative estimate of drug-likeness (QED) is 0.640. The van der Waals surface area contributed by atoms with Crippen LogP contribution in [0.1, 0.15) is 13.3 Å². The number of rotatable bonds is 8. The fourth-order valence-corrected chi connectivity index (χ4v) is 1.84. The van der Waals surface area contributed by atoms with Crippen molar-refractivity contribution in [3.8, 4) is 0 Å². The van der Waals surface area contributed by atoms with Gasteiger partial charge in [-0.3, -0.25) is 4.79 Å². The molecular weight excluding hydrogens is 296 g/mol. The van der Waals surface area contributed by atoms with Gasteiger partial charge in [-0.15, -0.1) is 5.10 Å². The van der Waals surface area contributed by atoms with Gasteiger partial charge in [0.25, 0.3) is 0 Å². The first-order valence-corrected chi connectivity index (χ1v) is 7.24. The number of carbonyl (C=O) groups is 1. The normalized spacial score (nSPS) is 10.2. The van der Waals surface area contributed by atoms with E-state index in [1.807, 2.05) is 12.1 Å². The molecule has 1 aromatic heterocycles. The summed E-state index contributed by atoms with van der Waals surface area (Å²) in [5.41, 5.74) is 1.54. The van der Waals surface area contributed by atoms with E-state index in [9.17, 15) is 4.79 Å². The molecule has 0 saturated heterocycles. The summed E-state index contributed by atoms with van der Waals surface area (Å²) < 4.78 is 4.99. The van der Waals surface area contributed by atoms with Gasteiger partial charge in [-0.2, -0.15) is 10.1 Å². The standard InChI is InChI=1S/C15H20N6O2/c1-11(22)18-12-4-6-13(7-5-12)19-15-20-14(10-17-21-15)16-8-3-9-23-2/h4-7,10H,3,8-9H2,1-2H3,(H,18,22)(H2,16,19,20,21). The van der Waals surface area contributed by atoms with Crippen LogP contribution in [0.3, 0.4) is 0 Å². The molecule has 0 aliphatic rings. The van der Waals surface area contributed by atoms with Crippen molar-refractivity contribution in [2.75, 3.05) is 36.2 Å². The second-order valence-corrected chi connectivity index (χ2v) is 4.82. The van der Waals surface area contributed by atoms with Crippen LogP contribution >= 0.6 is 0 Å². The molecule has 122 valence electrons. The Morgan fingerprint density at radius 1 is 1.22 bits per heavy atom. The molecule has 0 radical (unpaired) electrons. The first kappa shape index (κ1) is 16.6. The minimum atomic E-state index is -0.106. The summed E-state index contributed by atoms with van der Waals surface area (Å²) in [5.74, 6) is 0.938. The molecular formula is C15H20N6O2. The molecule has 1 amide bonds. The number of hydrogen-bond acceptors (Lipinski definition) is 7. The Morgan fingerprint density at radius 2 is 1.96 bits per heavy atom. The molecule has 1 aromatic carbocycles. The summed E-state index contributed by atoms with van der Waals surface area (Å²) in [7, 11) is 1.67. The van der Waals surface area contributed by atoms with E-state index in [0.717, 1.165) is 24.3 Å². The van der Waals surface area contributed by atoms with Crippen LogP contribution in [-0.4, -0.2) is 41.3 Å². The van der Waals surface area contributed by atoms with Crippen molar-refractivity contribution in [3.05, 3.63) is 30.5 Å². The lowest BCUT2D eigenvalue weighted by atomic mass is 10.3. The Hall–Kier alpha value is -2.74. The first-order valence-electron chi connectivity index (χ1n) is 7.24. The zero-order valence-electron chi connectivity index (χ0n) is 13.2. The minimum absolute atomic E-state index is 0.106. The molecule has 0 bridgehead atoms. The van der Waals surface area contributed by atoms with E-state index in [0.29, 0.717) is 18.4 Å². The summed E-state index contributed by atoms with van der Waals surface area (Å²) in [6, 6.07) is 7.24. The van der Waals surface area contributed by atoms with Crippen LogP contribution < -0.4 is 16.0 Å². The van der Waals surface area contributed by atoms with Gasteiger partial charge in [-0.25, -0.2) is 0 Å². The van der Waals surface area contributed by atoms with Crippen molar-refractivity contribution in [2.45, 2.75) is 13.3 Å². The van der Waals surface area contributed by atoms with Gasteiger partial charge in [0.15, 0.2) is 5.82 Å². The Balaban J connectivity index is 1.93. The van der Waals surface area contributed by atoms with Crippen molar-refractivity contribution < 1.29 is 9.53 Å². The van der Waals surface area contributed by atoms with E-state index >= 15 is 0 Å². The zero-order valence-corrected chi connectivity index (χ0v) is 13.2. The number of ether oxygens (including phenoxy) is 1. The topological polar surface area (TPSA) is 101 Å². The lowest BCUT2D eigenvalue weighted by Gasteiger charge is -2.08. The Labute approximate surface area is 134 Å². The van der Waals surface area contributed by atoms with E-state index in [-0.39, 0.29) is 5.91 Å². The Kier molecular flexibility index (Phi) is 6.25. The van der Waals surface area contributed by atoms with Gasteiger partial charge in [-0.05, 0) is 30.7 Å². The Morgan fingerprint density at radius 3 is 2.65 bits per heavy atom. The third kappa shape index (κ3) is 5.87. The van der Waals surface area contributed by atoms with Crippen molar-refractivity contribution >= 4 is 29.0 Å². The van der Waals surface area contributed by atoms with E-state index < -0.39 is 0 Å². The molecule has 0 aliphatic carbocycles. The molecule has 1 heterocycles. The summed E-state index contributed by atoms with van der Waals surface area (Å²) in [6.45, 7) is 2.91. The van der Waals surface area contributed by atoms with Crippen LogP contribution in [0.25, 0.3) is 0 Å². The molecule has 8 heteroatoms. The molecule has 2 rings (SSSR count). The lowest BCUT2D eigenvalue weighted by molar-refractivity contribution is -0.114. The van der Waals surface area contributed by atoms with Crippen LogP contribution in [0.2, 0.25) is 0 Å². The molecule has 23 heavy (non-hydrogen) atoms. The molecule has 0 fully saturated rings. The average molecular weight is 316 g/mol. The number of methoxy groups -OCH3 is 1. The maximum atomic E-state index is 11.0. The third-order valence-corrected chi connectivity index (χ3v) is 2.85. The highest BCUT2D eigenvalue weighted by atomic mass is 16.5. The maximum absolute atomic E-state index is 11.0. The Bertz CT molecular complexity index is 632. The largest absolute Gasteiger partial charge is 0.385 e. The number of carbonyl (C=O) groups excluding carboxylic acids is 1. The van der Waals surface area contributed by atoms with Crippen LogP contribution in [0.15, 0.2) is 30.5 Å². The number of hydrogen-bond donors (Lipinski definition) is 3. The predicted octanol–water partition coefficient (Wildman–Crippen LogP) is 2.02. The second kappa shape index (κ2) is 8.64. The van der Waals surface area contributed by atoms with Crippen molar-refractivity contribution in [1.82, 2.24) is 15.2 Å². The molecule has 0 saturated carbocycles. The SMILES string of the molecule is COCCCNc1cnnc(Nc2ccc(NC(C)=O)cc2)n1. The van der Waals surface area contributed by atoms with Gasteiger partial charge in [0.05, 0.1) is 6.20 Å². The minimum Gasteiger partial charge on any atom is -0.385 e. The highest BCUT2D eigenvalue weighted by Crippen LogP contribution is 2.16. The average Bonchev–Trinajstić information content (AvgIpc) is 2.53. The van der Waals surface area contributed by atoms with Gasteiger partial charge in [0.2, 0.25) is 11.9 Å². The third-order valence-electron chi connectivity index (χ3n) is 2.85. The molecule has 2 aromatic rings.